The lowest BCUT2D eigenvalue weighted by Crippen LogP contribution is -2.41. The van der Waals surface area contributed by atoms with Gasteiger partial charge in [0.05, 0.1) is 5.71 Å². The molecular formula is C15H15FN3O+. The number of nitrogens with one attached hydrogen (secondary N) is 1. The summed E-state index contributed by atoms with van der Waals surface area (Å²) in [7, 11) is 0. The van der Waals surface area contributed by atoms with Crippen LogP contribution in [0, 0.1) is 5.82 Å². The fourth-order valence-electron chi connectivity index (χ4n) is 1.64. The summed E-state index contributed by atoms with van der Waals surface area (Å²) >= 11 is 0. The molecule has 0 unspecified atom stereocenters. The predicted molar refractivity (Wildman–Crippen MR) is 73.4 cm³/mol. The minimum Gasteiger partial charge on any atom is -0.266 e. The Labute approximate surface area is 116 Å². The van der Waals surface area contributed by atoms with E-state index in [1.165, 1.54) is 12.1 Å². The van der Waals surface area contributed by atoms with Crippen molar-refractivity contribution in [3.8, 4) is 0 Å². The minimum absolute atomic E-state index is 0.195. The lowest BCUT2D eigenvalue weighted by molar-refractivity contribution is -0.684. The van der Waals surface area contributed by atoms with Crippen molar-refractivity contribution in [1.82, 2.24) is 5.43 Å². The fraction of sp³-hybridized carbons (Fsp3) is 0.133. The van der Waals surface area contributed by atoms with E-state index in [0.29, 0.717) is 5.71 Å². The molecule has 0 fully saturated rings. The van der Waals surface area contributed by atoms with Gasteiger partial charge in [-0.1, -0.05) is 18.2 Å². The SMILES string of the molecule is C/C(=N/NC(=O)C[n+]1ccccc1)c1ccc(F)cc1. The van der Waals surface area contributed by atoms with Crippen LogP contribution in [0.25, 0.3) is 0 Å². The van der Waals surface area contributed by atoms with Crippen LogP contribution in [-0.2, 0) is 11.3 Å². The summed E-state index contributed by atoms with van der Waals surface area (Å²) in [6.07, 6.45) is 3.60. The number of nitrogens with zero attached hydrogens (tertiary/aromatic N) is 2. The van der Waals surface area contributed by atoms with E-state index < -0.39 is 0 Å². The van der Waals surface area contributed by atoms with Gasteiger partial charge in [0.15, 0.2) is 12.4 Å². The Bertz CT molecular complexity index is 609. The van der Waals surface area contributed by atoms with Gasteiger partial charge in [0.2, 0.25) is 6.54 Å². The second-order valence-electron chi connectivity index (χ2n) is 4.29. The maximum absolute atomic E-state index is 12.8. The molecule has 1 heterocycles. The van der Waals surface area contributed by atoms with Gasteiger partial charge in [0.25, 0.3) is 0 Å². The molecule has 5 heteroatoms. The van der Waals surface area contributed by atoms with Gasteiger partial charge in [-0.3, -0.25) is 4.79 Å². The van der Waals surface area contributed by atoms with Crippen molar-refractivity contribution >= 4 is 11.6 Å². The largest absolute Gasteiger partial charge is 0.305 e. The van der Waals surface area contributed by atoms with E-state index in [1.54, 1.807) is 36.0 Å². The van der Waals surface area contributed by atoms with Crippen LogP contribution >= 0.6 is 0 Å². The normalized spacial score (nSPS) is 11.2. The first-order valence-electron chi connectivity index (χ1n) is 6.18. The van der Waals surface area contributed by atoms with Gasteiger partial charge in [0, 0.05) is 12.1 Å². The Morgan fingerprint density at radius 3 is 2.50 bits per heavy atom. The van der Waals surface area contributed by atoms with Gasteiger partial charge in [-0.15, -0.1) is 0 Å². The topological polar surface area (TPSA) is 45.3 Å². The summed E-state index contributed by atoms with van der Waals surface area (Å²) < 4.78 is 14.5. The second-order valence-corrected chi connectivity index (χ2v) is 4.29. The molecule has 0 saturated carbocycles. The molecule has 2 aromatic rings. The van der Waals surface area contributed by atoms with Crippen molar-refractivity contribution in [3.05, 3.63) is 66.2 Å². The zero-order chi connectivity index (χ0) is 14.4. The zero-order valence-corrected chi connectivity index (χ0v) is 11.1. The lowest BCUT2D eigenvalue weighted by Gasteiger charge is -2.01. The standard InChI is InChI=1S/C15H14FN3O/c1-12(13-5-7-14(16)8-6-13)17-18-15(20)11-19-9-3-2-4-10-19/h2-10H,11H2,1H3/p+1/b17-12-. The lowest BCUT2D eigenvalue weighted by atomic mass is 10.1. The number of pyridine rings is 1. The third kappa shape index (κ3) is 3.98. The summed E-state index contributed by atoms with van der Waals surface area (Å²) in [6.45, 7) is 1.95. The first-order valence-corrected chi connectivity index (χ1v) is 6.18. The molecule has 0 spiro atoms. The predicted octanol–water partition coefficient (Wildman–Crippen LogP) is 1.65. The number of halogens is 1. The quantitative estimate of drug-likeness (QED) is 0.513. The Kier molecular flexibility index (Phi) is 4.55. The fourth-order valence-corrected chi connectivity index (χ4v) is 1.64. The maximum Gasteiger partial charge on any atom is 0.305 e. The van der Waals surface area contributed by atoms with Crippen molar-refractivity contribution in [2.75, 3.05) is 0 Å². The number of aromatic nitrogens is 1. The van der Waals surface area contributed by atoms with Crippen molar-refractivity contribution in [1.29, 1.82) is 0 Å². The molecule has 20 heavy (non-hydrogen) atoms. The van der Waals surface area contributed by atoms with E-state index in [9.17, 15) is 9.18 Å². The van der Waals surface area contributed by atoms with Crippen LogP contribution in [0.15, 0.2) is 60.0 Å². The van der Waals surface area contributed by atoms with Crippen molar-refractivity contribution in [2.45, 2.75) is 13.5 Å². The zero-order valence-electron chi connectivity index (χ0n) is 11.1. The summed E-state index contributed by atoms with van der Waals surface area (Å²) in [5.74, 6) is -0.520. The number of amides is 1. The Morgan fingerprint density at radius 1 is 1.20 bits per heavy atom. The van der Waals surface area contributed by atoms with Gasteiger partial charge in [-0.2, -0.15) is 9.67 Å². The molecule has 0 atom stereocenters. The van der Waals surface area contributed by atoms with Gasteiger partial charge in [0.1, 0.15) is 5.82 Å². The van der Waals surface area contributed by atoms with E-state index in [0.717, 1.165) is 5.56 Å². The highest BCUT2D eigenvalue weighted by Crippen LogP contribution is 2.03. The number of hydrazone groups is 1. The molecule has 1 N–H and O–H groups in total. The average Bonchev–Trinajstić information content (AvgIpc) is 2.46. The van der Waals surface area contributed by atoms with Crippen LogP contribution in [0.4, 0.5) is 4.39 Å². The highest BCUT2D eigenvalue weighted by atomic mass is 19.1. The van der Waals surface area contributed by atoms with Crippen LogP contribution in [0.5, 0.6) is 0 Å². The smallest absolute Gasteiger partial charge is 0.266 e. The highest BCUT2D eigenvalue weighted by Gasteiger charge is 2.07. The van der Waals surface area contributed by atoms with E-state index in [-0.39, 0.29) is 18.3 Å². The first-order chi connectivity index (χ1) is 9.65. The van der Waals surface area contributed by atoms with E-state index in [4.69, 9.17) is 0 Å². The molecular weight excluding hydrogens is 257 g/mol. The molecule has 102 valence electrons. The number of carbonyl (C=O) groups is 1. The molecule has 4 nitrogen and oxygen atoms in total. The summed E-state index contributed by atoms with van der Waals surface area (Å²) in [5, 5.41) is 4.00. The molecule has 0 radical (unpaired) electrons. The van der Waals surface area contributed by atoms with Crippen LogP contribution in [0.1, 0.15) is 12.5 Å². The highest BCUT2D eigenvalue weighted by molar-refractivity contribution is 5.99. The number of hydrogen-bond donors (Lipinski definition) is 1. The van der Waals surface area contributed by atoms with Crippen molar-refractivity contribution < 1.29 is 13.8 Å². The molecule has 0 aliphatic heterocycles. The number of benzene rings is 1. The monoisotopic (exact) mass is 272 g/mol. The third-order valence-electron chi connectivity index (χ3n) is 2.71. The molecule has 0 saturated heterocycles. The molecule has 1 aromatic carbocycles. The average molecular weight is 272 g/mol. The van der Waals surface area contributed by atoms with Gasteiger partial charge >= 0.3 is 5.91 Å². The van der Waals surface area contributed by atoms with E-state index in [1.807, 2.05) is 18.2 Å². The molecule has 0 aliphatic rings. The van der Waals surface area contributed by atoms with Crippen molar-refractivity contribution in [3.63, 3.8) is 0 Å². The number of hydrogen-bond acceptors (Lipinski definition) is 2. The van der Waals surface area contributed by atoms with Crippen LogP contribution in [0.2, 0.25) is 0 Å². The summed E-state index contributed by atoms with van der Waals surface area (Å²) in [4.78, 5) is 11.7. The molecule has 1 amide bonds. The van der Waals surface area contributed by atoms with Crippen LogP contribution in [0.3, 0.4) is 0 Å². The second kappa shape index (κ2) is 6.56. The maximum atomic E-state index is 12.8. The molecule has 1 aromatic heterocycles. The van der Waals surface area contributed by atoms with E-state index >= 15 is 0 Å². The first kappa shape index (κ1) is 13.9. The Morgan fingerprint density at radius 2 is 1.85 bits per heavy atom. The summed E-state index contributed by atoms with van der Waals surface area (Å²) in [6, 6.07) is 11.5. The molecule has 0 bridgehead atoms. The third-order valence-corrected chi connectivity index (χ3v) is 2.71. The van der Waals surface area contributed by atoms with Crippen molar-refractivity contribution in [2.24, 2.45) is 5.10 Å². The number of rotatable bonds is 4. The van der Waals surface area contributed by atoms with Crippen LogP contribution in [-0.4, -0.2) is 11.6 Å². The minimum atomic E-state index is -0.300. The Hall–Kier alpha value is -2.56. The van der Waals surface area contributed by atoms with Gasteiger partial charge < -0.3 is 0 Å². The number of carbonyl (C=O) groups excluding carboxylic acids is 1. The van der Waals surface area contributed by atoms with Gasteiger partial charge in [-0.05, 0) is 24.6 Å². The summed E-state index contributed by atoms with van der Waals surface area (Å²) in [5.41, 5.74) is 3.86. The molecule has 2 rings (SSSR count). The van der Waals surface area contributed by atoms with Crippen LogP contribution < -0.4 is 9.99 Å². The van der Waals surface area contributed by atoms with Gasteiger partial charge in [-0.25, -0.2) is 9.82 Å². The van der Waals surface area contributed by atoms with E-state index in [2.05, 4.69) is 10.5 Å². The Balaban J connectivity index is 1.95. The molecule has 0 aliphatic carbocycles.